The van der Waals surface area contributed by atoms with E-state index >= 15 is 0 Å². The number of nitrogens with one attached hydrogen (secondary N) is 1. The Balaban J connectivity index is 1.73. The van der Waals surface area contributed by atoms with E-state index in [0.717, 1.165) is 56.3 Å². The lowest BCUT2D eigenvalue weighted by atomic mass is 9.77. The van der Waals surface area contributed by atoms with E-state index in [1.54, 1.807) is 6.07 Å². The van der Waals surface area contributed by atoms with Crippen LogP contribution in [-0.2, 0) is 11.3 Å². The molecule has 1 aromatic carbocycles. The van der Waals surface area contributed by atoms with Gasteiger partial charge in [0, 0.05) is 41.6 Å². The van der Waals surface area contributed by atoms with Gasteiger partial charge in [0.15, 0.2) is 0 Å². The third-order valence-corrected chi connectivity index (χ3v) is 6.99. The average Bonchev–Trinajstić information content (AvgIpc) is 2.72. The van der Waals surface area contributed by atoms with Crippen molar-refractivity contribution in [2.24, 2.45) is 0 Å². The van der Waals surface area contributed by atoms with E-state index in [0.29, 0.717) is 25.1 Å². The Morgan fingerprint density at radius 2 is 1.93 bits per heavy atom. The van der Waals surface area contributed by atoms with Crippen molar-refractivity contribution in [3.05, 3.63) is 34.1 Å². The summed E-state index contributed by atoms with van der Waals surface area (Å²) in [7, 11) is 0. The van der Waals surface area contributed by atoms with E-state index in [9.17, 15) is 9.18 Å². The zero-order valence-corrected chi connectivity index (χ0v) is 19.3. The van der Waals surface area contributed by atoms with Gasteiger partial charge in [0.1, 0.15) is 5.82 Å². The van der Waals surface area contributed by atoms with Gasteiger partial charge < -0.3 is 5.32 Å². The van der Waals surface area contributed by atoms with Gasteiger partial charge in [-0.2, -0.15) is 0 Å². The number of carbonyl (C=O) groups is 1. The fraction of sp³-hybridized carbons (Fsp3) is 0.696. The average molecular weight is 468 g/mol. The summed E-state index contributed by atoms with van der Waals surface area (Å²) in [4.78, 5) is 17.7. The van der Waals surface area contributed by atoms with E-state index in [-0.39, 0.29) is 17.3 Å². The topological polar surface area (TPSA) is 35.6 Å². The summed E-state index contributed by atoms with van der Waals surface area (Å²) >= 11 is 3.45. The van der Waals surface area contributed by atoms with Crippen LogP contribution in [0.25, 0.3) is 0 Å². The van der Waals surface area contributed by atoms with Crippen LogP contribution in [0.3, 0.4) is 0 Å². The minimum atomic E-state index is -0.166. The molecule has 0 aromatic heterocycles. The molecule has 0 bridgehead atoms. The zero-order chi connectivity index (χ0) is 20.7. The second kappa shape index (κ2) is 10.9. The van der Waals surface area contributed by atoms with E-state index in [4.69, 9.17) is 0 Å². The standard InChI is InChI=1S/C23H35BrFN3O/c1-2-12-28-14-6-13-27(18-19-16-20(24)7-8-21(19)25)15-11-26-22(29)17-23(28)9-4-3-5-10-23/h7-8,16H,2-6,9-15,17-18H2,1H3,(H,26,29). The highest BCUT2D eigenvalue weighted by molar-refractivity contribution is 9.10. The third-order valence-electron chi connectivity index (χ3n) is 6.49. The number of hydrogen-bond donors (Lipinski definition) is 1. The number of hydrogen-bond acceptors (Lipinski definition) is 3. The molecule has 2 fully saturated rings. The molecule has 0 radical (unpaired) electrons. The van der Waals surface area contributed by atoms with Crippen LogP contribution in [0.15, 0.2) is 22.7 Å². The molecule has 6 heteroatoms. The van der Waals surface area contributed by atoms with Crippen LogP contribution in [0.1, 0.15) is 63.9 Å². The van der Waals surface area contributed by atoms with Gasteiger partial charge in [0.25, 0.3) is 0 Å². The molecule has 1 aliphatic carbocycles. The van der Waals surface area contributed by atoms with Gasteiger partial charge in [-0.15, -0.1) is 0 Å². The Hall–Kier alpha value is -0.980. The summed E-state index contributed by atoms with van der Waals surface area (Å²) in [6.07, 6.45) is 8.77. The molecule has 2 aliphatic rings. The molecule has 1 N–H and O–H groups in total. The summed E-state index contributed by atoms with van der Waals surface area (Å²) < 4.78 is 15.2. The summed E-state index contributed by atoms with van der Waals surface area (Å²) in [6.45, 7) is 7.14. The van der Waals surface area contributed by atoms with Crippen LogP contribution in [0.5, 0.6) is 0 Å². The number of benzene rings is 1. The van der Waals surface area contributed by atoms with Gasteiger partial charge in [0.05, 0.1) is 0 Å². The molecule has 1 saturated heterocycles. The first kappa shape index (κ1) is 22.7. The van der Waals surface area contributed by atoms with Crippen molar-refractivity contribution >= 4 is 21.8 Å². The van der Waals surface area contributed by atoms with Crippen LogP contribution in [0.4, 0.5) is 4.39 Å². The van der Waals surface area contributed by atoms with Gasteiger partial charge in [0.2, 0.25) is 5.91 Å². The lowest BCUT2D eigenvalue weighted by molar-refractivity contribution is -0.125. The molecule has 0 atom stereocenters. The number of nitrogens with zero attached hydrogens (tertiary/aromatic N) is 2. The lowest BCUT2D eigenvalue weighted by Gasteiger charge is -2.46. The molecule has 1 saturated carbocycles. The Kier molecular flexibility index (Phi) is 8.51. The van der Waals surface area contributed by atoms with Crippen molar-refractivity contribution in [3.63, 3.8) is 0 Å². The molecule has 0 unspecified atom stereocenters. The van der Waals surface area contributed by atoms with Gasteiger partial charge in [-0.05, 0) is 63.5 Å². The molecule has 162 valence electrons. The highest BCUT2D eigenvalue weighted by Gasteiger charge is 2.39. The van der Waals surface area contributed by atoms with E-state index < -0.39 is 0 Å². The Labute approximate surface area is 183 Å². The maximum atomic E-state index is 14.3. The SMILES string of the molecule is CCCN1CCCN(Cc2cc(Br)ccc2F)CCNC(=O)CC12CCCCC2. The minimum Gasteiger partial charge on any atom is -0.355 e. The smallest absolute Gasteiger partial charge is 0.221 e. The first-order chi connectivity index (χ1) is 14.0. The number of halogens is 2. The van der Waals surface area contributed by atoms with Crippen molar-refractivity contribution in [1.82, 2.24) is 15.1 Å². The molecule has 1 spiro atoms. The molecule has 1 aromatic rings. The Morgan fingerprint density at radius 1 is 1.14 bits per heavy atom. The summed E-state index contributed by atoms with van der Waals surface area (Å²) in [5.74, 6) is 0.00353. The molecule has 3 rings (SSSR count). The lowest BCUT2D eigenvalue weighted by Crippen LogP contribution is -2.53. The van der Waals surface area contributed by atoms with Crippen molar-refractivity contribution < 1.29 is 9.18 Å². The highest BCUT2D eigenvalue weighted by Crippen LogP contribution is 2.37. The van der Waals surface area contributed by atoms with Gasteiger partial charge in [-0.3, -0.25) is 14.6 Å². The third kappa shape index (κ3) is 6.25. The maximum Gasteiger partial charge on any atom is 0.221 e. The first-order valence-electron chi connectivity index (χ1n) is 11.2. The fourth-order valence-electron chi connectivity index (χ4n) is 5.05. The number of rotatable bonds is 4. The monoisotopic (exact) mass is 467 g/mol. The van der Waals surface area contributed by atoms with Crippen molar-refractivity contribution in [3.8, 4) is 0 Å². The first-order valence-corrected chi connectivity index (χ1v) is 12.0. The normalized spacial score (nSPS) is 22.2. The van der Waals surface area contributed by atoms with Gasteiger partial charge in [-0.25, -0.2) is 4.39 Å². The maximum absolute atomic E-state index is 14.3. The summed E-state index contributed by atoms with van der Waals surface area (Å²) in [5.41, 5.74) is 0.735. The summed E-state index contributed by atoms with van der Waals surface area (Å²) in [6, 6.07) is 5.11. The van der Waals surface area contributed by atoms with Crippen molar-refractivity contribution in [1.29, 1.82) is 0 Å². The van der Waals surface area contributed by atoms with Crippen LogP contribution in [0, 0.1) is 5.82 Å². The van der Waals surface area contributed by atoms with Crippen molar-refractivity contribution in [2.45, 2.75) is 70.4 Å². The van der Waals surface area contributed by atoms with Crippen LogP contribution in [0.2, 0.25) is 0 Å². The Morgan fingerprint density at radius 3 is 2.69 bits per heavy atom. The largest absolute Gasteiger partial charge is 0.355 e. The van der Waals surface area contributed by atoms with Crippen molar-refractivity contribution in [2.75, 3.05) is 32.7 Å². The second-order valence-electron chi connectivity index (χ2n) is 8.66. The van der Waals surface area contributed by atoms with E-state index in [1.807, 2.05) is 6.07 Å². The Bertz CT molecular complexity index is 678. The molecule has 4 nitrogen and oxygen atoms in total. The minimum absolute atomic E-state index is 0.0317. The molecule has 1 aliphatic heterocycles. The van der Waals surface area contributed by atoms with Crippen LogP contribution in [-0.4, -0.2) is 54.0 Å². The van der Waals surface area contributed by atoms with Crippen LogP contribution < -0.4 is 5.32 Å². The highest BCUT2D eigenvalue weighted by atomic mass is 79.9. The fourth-order valence-corrected chi connectivity index (χ4v) is 5.45. The zero-order valence-electron chi connectivity index (χ0n) is 17.7. The molecule has 1 amide bonds. The van der Waals surface area contributed by atoms with Crippen LogP contribution >= 0.6 is 15.9 Å². The van der Waals surface area contributed by atoms with E-state index in [2.05, 4.69) is 38.0 Å². The molecule has 1 heterocycles. The molecular weight excluding hydrogens is 433 g/mol. The molecular formula is C23H35BrFN3O. The predicted molar refractivity (Wildman–Crippen MR) is 119 cm³/mol. The van der Waals surface area contributed by atoms with Gasteiger partial charge in [-0.1, -0.05) is 42.1 Å². The predicted octanol–water partition coefficient (Wildman–Crippen LogP) is 4.72. The quantitative estimate of drug-likeness (QED) is 0.695. The second-order valence-corrected chi connectivity index (χ2v) is 9.58. The summed E-state index contributed by atoms with van der Waals surface area (Å²) in [5, 5.41) is 3.15. The van der Waals surface area contributed by atoms with Gasteiger partial charge >= 0.3 is 0 Å². The number of amides is 1. The molecule has 29 heavy (non-hydrogen) atoms. The number of carbonyl (C=O) groups excluding carboxylic acids is 1. The van der Waals surface area contributed by atoms with E-state index in [1.165, 1.54) is 25.3 Å².